The maximum atomic E-state index is 11.0. The molecule has 0 saturated heterocycles. The van der Waals surface area contributed by atoms with Gasteiger partial charge in [0.25, 0.3) is 0 Å². The number of benzene rings is 1. The maximum absolute atomic E-state index is 11.0. The number of aliphatic carboxylic acids is 1. The van der Waals surface area contributed by atoms with Crippen molar-refractivity contribution in [2.75, 3.05) is 6.54 Å². The van der Waals surface area contributed by atoms with E-state index in [1.54, 1.807) is 19.1 Å². The highest BCUT2D eigenvalue weighted by atomic mass is 31.2. The summed E-state index contributed by atoms with van der Waals surface area (Å²) >= 11 is 0. The lowest BCUT2D eigenvalue weighted by Gasteiger charge is -2.14. The first-order valence-corrected chi connectivity index (χ1v) is 7.23. The number of hydrogen-bond donors (Lipinski definition) is 4. The second-order valence-electron chi connectivity index (χ2n) is 3.89. The van der Waals surface area contributed by atoms with Gasteiger partial charge in [-0.2, -0.15) is 0 Å². The molecule has 0 aliphatic carbocycles. The third kappa shape index (κ3) is 4.58. The fourth-order valence-corrected chi connectivity index (χ4v) is 2.29. The van der Waals surface area contributed by atoms with Crippen LogP contribution in [0.3, 0.4) is 0 Å². The zero-order valence-electron chi connectivity index (χ0n) is 9.91. The molecule has 0 fully saturated rings. The van der Waals surface area contributed by atoms with E-state index in [1.807, 2.05) is 0 Å². The first kappa shape index (κ1) is 14.9. The highest BCUT2D eigenvalue weighted by Crippen LogP contribution is 2.39. The minimum atomic E-state index is -4.09. The molecule has 6 nitrogen and oxygen atoms in total. The van der Waals surface area contributed by atoms with Crippen LogP contribution in [0.5, 0.6) is 0 Å². The van der Waals surface area contributed by atoms with Gasteiger partial charge in [0.2, 0.25) is 0 Å². The van der Waals surface area contributed by atoms with Gasteiger partial charge in [0.15, 0.2) is 0 Å². The van der Waals surface area contributed by atoms with Crippen LogP contribution in [0.4, 0.5) is 0 Å². The summed E-state index contributed by atoms with van der Waals surface area (Å²) in [5.74, 6) is -0.986. The summed E-state index contributed by atoms with van der Waals surface area (Å²) in [5, 5.41) is 11.8. The topological polar surface area (TPSA) is 107 Å². The summed E-state index contributed by atoms with van der Waals surface area (Å²) in [4.78, 5) is 28.7. The summed E-state index contributed by atoms with van der Waals surface area (Å²) in [6.45, 7) is 2.32. The first-order valence-electron chi connectivity index (χ1n) is 5.43. The Bertz CT molecular complexity index is 453. The summed E-state index contributed by atoms with van der Waals surface area (Å²) < 4.78 is 10.8. The quantitative estimate of drug-likeness (QED) is 0.578. The molecular weight excluding hydrogens is 257 g/mol. The van der Waals surface area contributed by atoms with Crippen LogP contribution < -0.4 is 5.32 Å². The van der Waals surface area contributed by atoms with Gasteiger partial charge in [0, 0.05) is 0 Å². The second-order valence-corrected chi connectivity index (χ2v) is 5.54. The molecule has 100 valence electrons. The van der Waals surface area contributed by atoms with E-state index in [0.717, 1.165) is 0 Å². The summed E-state index contributed by atoms with van der Waals surface area (Å²) in [5.41, 5.74) is 1.03. The van der Waals surface area contributed by atoms with Crippen molar-refractivity contribution in [2.24, 2.45) is 0 Å². The number of likely N-dealkylation sites (N-methyl/N-ethyl adjacent to an activating group) is 1. The predicted octanol–water partition coefficient (Wildman–Crippen LogP) is 1.10. The van der Waals surface area contributed by atoms with Crippen LogP contribution in [0.2, 0.25) is 0 Å². The average Bonchev–Trinajstić information content (AvgIpc) is 2.25. The van der Waals surface area contributed by atoms with E-state index in [1.165, 1.54) is 12.1 Å². The molecule has 4 N–H and O–H groups in total. The van der Waals surface area contributed by atoms with Gasteiger partial charge in [0.1, 0.15) is 6.04 Å². The molecule has 0 spiro atoms. The molecule has 0 bridgehead atoms. The van der Waals surface area contributed by atoms with Crippen LogP contribution in [0.15, 0.2) is 24.3 Å². The SMILES string of the molecule is CCNC(C(=O)O)c1ccc(CP(=O)(O)O)cc1. The molecule has 0 aromatic heterocycles. The Morgan fingerprint density at radius 1 is 1.33 bits per heavy atom. The Labute approximate surface area is 105 Å². The van der Waals surface area contributed by atoms with E-state index in [-0.39, 0.29) is 6.16 Å². The molecule has 1 aromatic carbocycles. The fourth-order valence-electron chi connectivity index (χ4n) is 1.61. The van der Waals surface area contributed by atoms with E-state index in [2.05, 4.69) is 5.32 Å². The molecule has 0 aliphatic rings. The maximum Gasteiger partial charge on any atom is 0.329 e. The third-order valence-corrected chi connectivity index (χ3v) is 3.13. The minimum absolute atomic E-state index is 0.341. The van der Waals surface area contributed by atoms with Crippen molar-refractivity contribution in [2.45, 2.75) is 19.1 Å². The number of carboxylic acids is 1. The lowest BCUT2D eigenvalue weighted by Crippen LogP contribution is -2.28. The molecule has 0 amide bonds. The lowest BCUT2D eigenvalue weighted by molar-refractivity contribution is -0.139. The predicted molar refractivity (Wildman–Crippen MR) is 66.2 cm³/mol. The molecule has 0 aliphatic heterocycles. The third-order valence-electron chi connectivity index (χ3n) is 2.36. The molecule has 1 atom stereocenters. The minimum Gasteiger partial charge on any atom is -0.480 e. The summed E-state index contributed by atoms with van der Waals surface area (Å²) in [6, 6.07) is 5.38. The number of nitrogens with one attached hydrogen (secondary N) is 1. The van der Waals surface area contributed by atoms with Crippen LogP contribution in [0.1, 0.15) is 24.1 Å². The number of carbonyl (C=O) groups is 1. The van der Waals surface area contributed by atoms with Crippen LogP contribution in [-0.2, 0) is 15.5 Å². The molecule has 0 saturated carbocycles. The molecular formula is C11H16NO5P. The standard InChI is InChI=1S/C11H16NO5P/c1-2-12-10(11(13)14)9-5-3-8(4-6-9)7-18(15,16)17/h3-6,10,12H,2,7H2,1H3,(H,13,14)(H2,15,16,17). The van der Waals surface area contributed by atoms with Gasteiger partial charge in [0.05, 0.1) is 6.16 Å². The van der Waals surface area contributed by atoms with Crippen molar-refractivity contribution in [1.29, 1.82) is 0 Å². The first-order chi connectivity index (χ1) is 8.33. The van der Waals surface area contributed by atoms with E-state index < -0.39 is 19.6 Å². The molecule has 1 rings (SSSR count). The van der Waals surface area contributed by atoms with Crippen LogP contribution in [-0.4, -0.2) is 27.4 Å². The fraction of sp³-hybridized carbons (Fsp3) is 0.364. The molecule has 7 heteroatoms. The van der Waals surface area contributed by atoms with Gasteiger partial charge >= 0.3 is 13.6 Å². The van der Waals surface area contributed by atoms with Crippen molar-refractivity contribution in [3.63, 3.8) is 0 Å². The van der Waals surface area contributed by atoms with Gasteiger partial charge in [-0.3, -0.25) is 9.36 Å². The zero-order valence-corrected chi connectivity index (χ0v) is 10.8. The van der Waals surface area contributed by atoms with Crippen LogP contribution in [0, 0.1) is 0 Å². The monoisotopic (exact) mass is 273 g/mol. The smallest absolute Gasteiger partial charge is 0.329 e. The van der Waals surface area contributed by atoms with Crippen molar-refractivity contribution in [3.05, 3.63) is 35.4 Å². The normalized spacial score (nSPS) is 13.3. The highest BCUT2D eigenvalue weighted by Gasteiger charge is 2.19. The van der Waals surface area contributed by atoms with E-state index >= 15 is 0 Å². The van der Waals surface area contributed by atoms with Crippen molar-refractivity contribution in [1.82, 2.24) is 5.32 Å². The summed E-state index contributed by atoms with van der Waals surface area (Å²) in [6.07, 6.45) is -0.341. The van der Waals surface area contributed by atoms with Gasteiger partial charge < -0.3 is 20.2 Å². The largest absolute Gasteiger partial charge is 0.480 e. The van der Waals surface area contributed by atoms with E-state index in [0.29, 0.717) is 17.7 Å². The summed E-state index contributed by atoms with van der Waals surface area (Å²) in [7, 11) is -4.09. The average molecular weight is 273 g/mol. The number of carboxylic acid groups (broad SMARTS) is 1. The Balaban J connectivity index is 2.87. The molecule has 0 heterocycles. The number of rotatable bonds is 6. The molecule has 1 aromatic rings. The van der Waals surface area contributed by atoms with Gasteiger partial charge in [-0.1, -0.05) is 31.2 Å². The highest BCUT2D eigenvalue weighted by molar-refractivity contribution is 7.50. The van der Waals surface area contributed by atoms with E-state index in [4.69, 9.17) is 14.9 Å². The Morgan fingerprint density at radius 3 is 2.28 bits per heavy atom. The van der Waals surface area contributed by atoms with Crippen LogP contribution in [0.25, 0.3) is 0 Å². The van der Waals surface area contributed by atoms with Crippen molar-refractivity contribution < 1.29 is 24.3 Å². The van der Waals surface area contributed by atoms with Gasteiger partial charge in [-0.15, -0.1) is 0 Å². The number of hydrogen-bond acceptors (Lipinski definition) is 3. The van der Waals surface area contributed by atoms with Gasteiger partial charge in [-0.25, -0.2) is 0 Å². The zero-order chi connectivity index (χ0) is 13.8. The van der Waals surface area contributed by atoms with Gasteiger partial charge in [-0.05, 0) is 17.7 Å². The van der Waals surface area contributed by atoms with E-state index in [9.17, 15) is 9.36 Å². The second kappa shape index (κ2) is 6.11. The van der Waals surface area contributed by atoms with Crippen molar-refractivity contribution >= 4 is 13.6 Å². The molecule has 18 heavy (non-hydrogen) atoms. The molecule has 1 unspecified atom stereocenters. The lowest BCUT2D eigenvalue weighted by atomic mass is 10.1. The van der Waals surface area contributed by atoms with Crippen LogP contribution >= 0.6 is 7.60 Å². The Morgan fingerprint density at radius 2 is 1.89 bits per heavy atom. The Kier molecular flexibility index (Phi) is 5.04. The van der Waals surface area contributed by atoms with Crippen molar-refractivity contribution in [3.8, 4) is 0 Å². The Hall–Kier alpha value is -1.20. The molecule has 0 radical (unpaired) electrons.